The Balaban J connectivity index is 1.91. The molecule has 1 fully saturated rings. The Morgan fingerprint density at radius 1 is 1.35 bits per heavy atom. The molecule has 23 heavy (non-hydrogen) atoms. The molecule has 0 aliphatic carbocycles. The smallest absolute Gasteiger partial charge is 0.255 e. The quantitative estimate of drug-likeness (QED) is 0.535. The second-order valence-corrected chi connectivity index (χ2v) is 6.07. The Morgan fingerprint density at radius 3 is 2.70 bits per heavy atom. The lowest BCUT2D eigenvalue weighted by molar-refractivity contribution is 0.0374. The average Bonchev–Trinajstić information content (AvgIpc) is 2.55. The highest BCUT2D eigenvalue weighted by Gasteiger charge is 2.20. The van der Waals surface area contributed by atoms with E-state index in [9.17, 15) is 9.90 Å². The molecule has 0 aromatic heterocycles. The van der Waals surface area contributed by atoms with Crippen molar-refractivity contribution in [1.82, 2.24) is 10.2 Å². The highest BCUT2D eigenvalue weighted by Crippen LogP contribution is 2.39. The van der Waals surface area contributed by atoms with E-state index in [4.69, 9.17) is 27.9 Å². The Kier molecular flexibility index (Phi) is 6.77. The number of rotatable bonds is 6. The van der Waals surface area contributed by atoms with E-state index in [0.717, 1.165) is 39.3 Å². The van der Waals surface area contributed by atoms with Crippen molar-refractivity contribution in [2.75, 3.05) is 51.8 Å². The lowest BCUT2D eigenvalue weighted by Crippen LogP contribution is -2.38. The van der Waals surface area contributed by atoms with Crippen molar-refractivity contribution in [1.29, 1.82) is 0 Å². The van der Waals surface area contributed by atoms with Gasteiger partial charge in [0.2, 0.25) is 0 Å². The minimum atomic E-state index is -0.340. The first-order valence-electron chi connectivity index (χ1n) is 7.51. The number of anilines is 1. The van der Waals surface area contributed by atoms with Crippen LogP contribution in [0.2, 0.25) is 10.0 Å². The molecule has 3 N–H and O–H groups in total. The molecule has 1 aromatic rings. The maximum atomic E-state index is 12.3. The van der Waals surface area contributed by atoms with E-state index in [-0.39, 0.29) is 33.0 Å². The number of phenolic OH excluding ortho intramolecular Hbond substituents is 1. The molecule has 1 aliphatic rings. The molecule has 6 nitrogen and oxygen atoms in total. The normalized spacial score (nSPS) is 15.4. The first-order valence-corrected chi connectivity index (χ1v) is 8.27. The van der Waals surface area contributed by atoms with Gasteiger partial charge >= 0.3 is 0 Å². The number of phenols is 1. The number of aromatic hydroxyl groups is 1. The van der Waals surface area contributed by atoms with Crippen LogP contribution in [-0.4, -0.2) is 62.4 Å². The fraction of sp³-hybridized carbons (Fsp3) is 0.533. The average molecular weight is 362 g/mol. The molecule has 0 saturated carbocycles. The Morgan fingerprint density at radius 2 is 2.04 bits per heavy atom. The second kappa shape index (κ2) is 8.59. The third kappa shape index (κ3) is 4.64. The third-order valence-corrected chi connectivity index (χ3v) is 4.31. The zero-order valence-electron chi connectivity index (χ0n) is 13.0. The van der Waals surface area contributed by atoms with Gasteiger partial charge in [0, 0.05) is 26.7 Å². The van der Waals surface area contributed by atoms with Crippen molar-refractivity contribution in [2.24, 2.45) is 0 Å². The van der Waals surface area contributed by atoms with Gasteiger partial charge in [-0.3, -0.25) is 9.69 Å². The molecule has 8 heteroatoms. The molecule has 1 saturated heterocycles. The number of hydrogen-bond donors (Lipinski definition) is 3. The first kappa shape index (κ1) is 18.1. The van der Waals surface area contributed by atoms with Gasteiger partial charge in [-0.1, -0.05) is 23.2 Å². The number of hydrogen-bond acceptors (Lipinski definition) is 5. The van der Waals surface area contributed by atoms with Gasteiger partial charge in [-0.25, -0.2) is 0 Å². The molecule has 128 valence electrons. The summed E-state index contributed by atoms with van der Waals surface area (Å²) >= 11 is 12.0. The number of nitrogens with zero attached hydrogens (tertiary/aromatic N) is 1. The van der Waals surface area contributed by atoms with Gasteiger partial charge in [-0.15, -0.1) is 0 Å². The minimum Gasteiger partial charge on any atom is -0.504 e. The molecule has 0 radical (unpaired) electrons. The number of carbonyl (C=O) groups is 1. The molecule has 1 heterocycles. The zero-order chi connectivity index (χ0) is 16.8. The van der Waals surface area contributed by atoms with Crippen LogP contribution in [0.5, 0.6) is 5.75 Å². The summed E-state index contributed by atoms with van der Waals surface area (Å²) in [6.45, 7) is 4.81. The number of halogens is 2. The molecule has 1 aromatic carbocycles. The zero-order valence-corrected chi connectivity index (χ0v) is 14.5. The van der Waals surface area contributed by atoms with Gasteiger partial charge in [-0.05, 0) is 19.0 Å². The Hall–Kier alpha value is -1.21. The summed E-state index contributed by atoms with van der Waals surface area (Å²) in [7, 11) is 1.59. The number of amides is 1. The maximum absolute atomic E-state index is 12.3. The van der Waals surface area contributed by atoms with Crippen molar-refractivity contribution >= 4 is 34.8 Å². The van der Waals surface area contributed by atoms with Gasteiger partial charge in [0.1, 0.15) is 0 Å². The Bertz CT molecular complexity index is 563. The summed E-state index contributed by atoms with van der Waals surface area (Å²) in [5.74, 6) is -0.523. The van der Waals surface area contributed by atoms with Gasteiger partial charge in [-0.2, -0.15) is 0 Å². The van der Waals surface area contributed by atoms with Crippen LogP contribution in [0.25, 0.3) is 0 Å². The van der Waals surface area contributed by atoms with Gasteiger partial charge in [0.15, 0.2) is 5.75 Å². The fourth-order valence-electron chi connectivity index (χ4n) is 2.49. The predicted octanol–water partition coefficient (Wildman–Crippen LogP) is 2.19. The summed E-state index contributed by atoms with van der Waals surface area (Å²) in [6, 6.07) is 1.36. The van der Waals surface area contributed by atoms with Crippen LogP contribution in [0.3, 0.4) is 0 Å². The maximum Gasteiger partial charge on any atom is 0.255 e. The highest BCUT2D eigenvalue weighted by molar-refractivity contribution is 6.38. The van der Waals surface area contributed by atoms with Gasteiger partial charge < -0.3 is 20.5 Å². The number of ether oxygens (including phenoxy) is 1. The van der Waals surface area contributed by atoms with Crippen LogP contribution in [0.15, 0.2) is 6.07 Å². The molecular weight excluding hydrogens is 341 g/mol. The molecule has 1 aliphatic heterocycles. The van der Waals surface area contributed by atoms with E-state index in [1.54, 1.807) is 7.05 Å². The number of carbonyl (C=O) groups excluding carboxylic acids is 1. The monoisotopic (exact) mass is 361 g/mol. The predicted molar refractivity (Wildman–Crippen MR) is 91.9 cm³/mol. The standard InChI is InChI=1S/C15H21Cl2N3O3/c1-18-13-12(10(16)9-11(17)14(13)21)15(22)19-3-2-4-20-5-7-23-8-6-20/h9,18,21H,2-8H2,1H3,(H,19,22). The van der Waals surface area contributed by atoms with Crippen LogP contribution in [0.4, 0.5) is 5.69 Å². The number of nitrogens with one attached hydrogen (secondary N) is 2. The van der Waals surface area contributed by atoms with Crippen molar-refractivity contribution in [3.8, 4) is 5.75 Å². The number of benzene rings is 1. The lowest BCUT2D eigenvalue weighted by atomic mass is 10.1. The molecule has 1 amide bonds. The second-order valence-electron chi connectivity index (χ2n) is 5.25. The Labute approximate surface area is 145 Å². The topological polar surface area (TPSA) is 73.8 Å². The summed E-state index contributed by atoms with van der Waals surface area (Å²) in [4.78, 5) is 14.6. The van der Waals surface area contributed by atoms with E-state index in [1.807, 2.05) is 0 Å². The van der Waals surface area contributed by atoms with Crippen molar-refractivity contribution < 1.29 is 14.6 Å². The highest BCUT2D eigenvalue weighted by atomic mass is 35.5. The minimum absolute atomic E-state index is 0.100. The van der Waals surface area contributed by atoms with Gasteiger partial charge in [0.05, 0.1) is 34.5 Å². The summed E-state index contributed by atoms with van der Waals surface area (Å²) in [5, 5.41) is 15.8. The SMILES string of the molecule is CNc1c(O)c(Cl)cc(Cl)c1C(=O)NCCCN1CCOCC1. The van der Waals surface area contributed by atoms with Crippen LogP contribution < -0.4 is 10.6 Å². The first-order chi connectivity index (χ1) is 11.0. The molecule has 0 bridgehead atoms. The van der Waals surface area contributed by atoms with Crippen LogP contribution in [-0.2, 0) is 4.74 Å². The third-order valence-electron chi connectivity index (χ3n) is 3.72. The largest absolute Gasteiger partial charge is 0.504 e. The lowest BCUT2D eigenvalue weighted by Gasteiger charge is -2.26. The molecule has 0 spiro atoms. The summed E-state index contributed by atoms with van der Waals surface area (Å²) in [5.41, 5.74) is 0.426. The van der Waals surface area contributed by atoms with Crippen molar-refractivity contribution in [3.05, 3.63) is 21.7 Å². The fourth-order valence-corrected chi connectivity index (χ4v) is 3.04. The van der Waals surface area contributed by atoms with Crippen molar-refractivity contribution in [2.45, 2.75) is 6.42 Å². The molecule has 2 rings (SSSR count). The van der Waals surface area contributed by atoms with Crippen LogP contribution in [0, 0.1) is 0 Å². The van der Waals surface area contributed by atoms with E-state index >= 15 is 0 Å². The van der Waals surface area contributed by atoms with E-state index in [0.29, 0.717) is 6.54 Å². The number of morpholine rings is 1. The molecule has 0 unspecified atom stereocenters. The summed E-state index contributed by atoms with van der Waals surface area (Å²) in [6.07, 6.45) is 0.831. The van der Waals surface area contributed by atoms with E-state index in [1.165, 1.54) is 6.07 Å². The van der Waals surface area contributed by atoms with Crippen molar-refractivity contribution in [3.63, 3.8) is 0 Å². The van der Waals surface area contributed by atoms with Crippen LogP contribution in [0.1, 0.15) is 16.8 Å². The van der Waals surface area contributed by atoms with E-state index in [2.05, 4.69) is 15.5 Å². The van der Waals surface area contributed by atoms with Gasteiger partial charge in [0.25, 0.3) is 5.91 Å². The van der Waals surface area contributed by atoms with Crippen LogP contribution >= 0.6 is 23.2 Å². The summed E-state index contributed by atoms with van der Waals surface area (Å²) < 4.78 is 5.29. The molecular formula is C15H21Cl2N3O3. The molecule has 0 atom stereocenters. The van der Waals surface area contributed by atoms with E-state index < -0.39 is 0 Å².